The van der Waals surface area contributed by atoms with Gasteiger partial charge in [-0.1, -0.05) is 12.8 Å². The van der Waals surface area contributed by atoms with Crippen molar-refractivity contribution in [2.24, 2.45) is 0 Å². The SMILES string of the molecule is CC(C#N)(CCCCSC1CCCC1)NC1CC1. The number of hydrogen-bond donors (Lipinski definition) is 1. The predicted octanol–water partition coefficient (Wildman–Crippen LogP) is 3.87. The van der Waals surface area contributed by atoms with E-state index in [4.69, 9.17) is 0 Å². The average molecular weight is 266 g/mol. The van der Waals surface area contributed by atoms with Crippen molar-refractivity contribution in [2.45, 2.75) is 81.5 Å². The highest BCUT2D eigenvalue weighted by atomic mass is 32.2. The second-order valence-corrected chi connectivity index (χ2v) is 7.51. The molecule has 2 rings (SSSR count). The third-order valence-corrected chi connectivity index (χ3v) is 5.54. The summed E-state index contributed by atoms with van der Waals surface area (Å²) in [5.74, 6) is 1.29. The largest absolute Gasteiger partial charge is 0.297 e. The van der Waals surface area contributed by atoms with Crippen molar-refractivity contribution < 1.29 is 0 Å². The molecule has 0 aliphatic heterocycles. The van der Waals surface area contributed by atoms with Crippen LogP contribution in [-0.4, -0.2) is 22.6 Å². The molecule has 0 bridgehead atoms. The maximum absolute atomic E-state index is 9.27. The lowest BCUT2D eigenvalue weighted by Crippen LogP contribution is -2.42. The standard InChI is InChI=1S/C15H26N2S/c1-15(12-16,17-13-8-9-13)10-4-5-11-18-14-6-2-3-7-14/h13-14,17H,2-11H2,1H3. The van der Waals surface area contributed by atoms with Crippen LogP contribution in [0.15, 0.2) is 0 Å². The van der Waals surface area contributed by atoms with E-state index >= 15 is 0 Å². The van der Waals surface area contributed by atoms with Gasteiger partial charge in [-0.05, 0) is 57.6 Å². The Hall–Kier alpha value is -0.200. The molecule has 0 amide bonds. The summed E-state index contributed by atoms with van der Waals surface area (Å²) in [6.07, 6.45) is 11.7. The van der Waals surface area contributed by atoms with Crippen LogP contribution in [0.25, 0.3) is 0 Å². The van der Waals surface area contributed by atoms with Crippen molar-refractivity contribution in [2.75, 3.05) is 5.75 Å². The lowest BCUT2D eigenvalue weighted by Gasteiger charge is -2.23. The zero-order chi connectivity index (χ0) is 12.8. The van der Waals surface area contributed by atoms with Crippen LogP contribution in [0.5, 0.6) is 0 Å². The Kier molecular flexibility index (Phi) is 5.38. The van der Waals surface area contributed by atoms with Crippen LogP contribution in [0.2, 0.25) is 0 Å². The number of nitrogens with zero attached hydrogens (tertiary/aromatic N) is 1. The van der Waals surface area contributed by atoms with Crippen LogP contribution < -0.4 is 5.32 Å². The highest BCUT2D eigenvalue weighted by Crippen LogP contribution is 2.30. The zero-order valence-electron chi connectivity index (χ0n) is 11.6. The van der Waals surface area contributed by atoms with Crippen molar-refractivity contribution in [1.82, 2.24) is 5.32 Å². The van der Waals surface area contributed by atoms with Crippen LogP contribution >= 0.6 is 11.8 Å². The maximum Gasteiger partial charge on any atom is 0.104 e. The second kappa shape index (κ2) is 6.82. The molecule has 0 aromatic rings. The van der Waals surface area contributed by atoms with E-state index in [0.29, 0.717) is 6.04 Å². The molecule has 0 heterocycles. The highest BCUT2D eigenvalue weighted by Gasteiger charge is 2.31. The molecular formula is C15H26N2S. The first kappa shape index (κ1) is 14.2. The van der Waals surface area contributed by atoms with Crippen LogP contribution in [0.3, 0.4) is 0 Å². The summed E-state index contributed by atoms with van der Waals surface area (Å²) >= 11 is 2.17. The molecule has 0 aromatic heterocycles. The van der Waals surface area contributed by atoms with E-state index < -0.39 is 0 Å². The van der Waals surface area contributed by atoms with Crippen molar-refractivity contribution in [1.29, 1.82) is 5.26 Å². The van der Waals surface area contributed by atoms with Gasteiger partial charge in [-0.3, -0.25) is 5.32 Å². The van der Waals surface area contributed by atoms with Gasteiger partial charge in [0.1, 0.15) is 5.54 Å². The summed E-state index contributed by atoms with van der Waals surface area (Å²) < 4.78 is 0. The van der Waals surface area contributed by atoms with Gasteiger partial charge in [-0.25, -0.2) is 0 Å². The van der Waals surface area contributed by atoms with Gasteiger partial charge in [-0.15, -0.1) is 0 Å². The molecule has 0 saturated heterocycles. The van der Waals surface area contributed by atoms with E-state index in [-0.39, 0.29) is 5.54 Å². The highest BCUT2D eigenvalue weighted by molar-refractivity contribution is 7.99. The average Bonchev–Trinajstić information content (AvgIpc) is 3.01. The summed E-state index contributed by atoms with van der Waals surface area (Å²) in [6, 6.07) is 3.09. The van der Waals surface area contributed by atoms with Crippen molar-refractivity contribution in [3.05, 3.63) is 0 Å². The summed E-state index contributed by atoms with van der Waals surface area (Å²) in [6.45, 7) is 2.06. The van der Waals surface area contributed by atoms with E-state index in [0.717, 1.165) is 11.7 Å². The van der Waals surface area contributed by atoms with Gasteiger partial charge in [0.15, 0.2) is 0 Å². The Morgan fingerprint density at radius 1 is 1.22 bits per heavy atom. The maximum atomic E-state index is 9.27. The molecule has 3 heteroatoms. The molecule has 102 valence electrons. The van der Waals surface area contributed by atoms with Gasteiger partial charge < -0.3 is 0 Å². The fourth-order valence-electron chi connectivity index (χ4n) is 2.72. The van der Waals surface area contributed by atoms with E-state index in [1.807, 2.05) is 0 Å². The summed E-state index contributed by atoms with van der Waals surface area (Å²) in [5.41, 5.74) is -0.279. The Morgan fingerprint density at radius 2 is 1.94 bits per heavy atom. The second-order valence-electron chi connectivity index (χ2n) is 6.10. The van der Waals surface area contributed by atoms with Gasteiger partial charge in [-0.2, -0.15) is 17.0 Å². The van der Waals surface area contributed by atoms with Gasteiger partial charge in [0.2, 0.25) is 0 Å². The zero-order valence-corrected chi connectivity index (χ0v) is 12.4. The number of hydrogen-bond acceptors (Lipinski definition) is 3. The van der Waals surface area contributed by atoms with Crippen LogP contribution in [0.1, 0.15) is 64.7 Å². The predicted molar refractivity (Wildman–Crippen MR) is 78.7 cm³/mol. The lowest BCUT2D eigenvalue weighted by atomic mass is 9.96. The molecule has 2 saturated carbocycles. The number of nitriles is 1. The van der Waals surface area contributed by atoms with E-state index in [1.54, 1.807) is 0 Å². The Morgan fingerprint density at radius 3 is 2.56 bits per heavy atom. The quantitative estimate of drug-likeness (QED) is 0.678. The fourth-order valence-corrected chi connectivity index (χ4v) is 4.09. The van der Waals surface area contributed by atoms with Gasteiger partial charge in [0.25, 0.3) is 0 Å². The van der Waals surface area contributed by atoms with E-state index in [1.165, 1.54) is 57.1 Å². The van der Waals surface area contributed by atoms with Crippen molar-refractivity contribution in [3.8, 4) is 6.07 Å². The lowest BCUT2D eigenvalue weighted by molar-refractivity contribution is 0.402. The number of rotatable bonds is 8. The molecule has 2 nitrogen and oxygen atoms in total. The first-order valence-electron chi connectivity index (χ1n) is 7.52. The van der Waals surface area contributed by atoms with Crippen molar-refractivity contribution in [3.63, 3.8) is 0 Å². The third-order valence-electron chi connectivity index (χ3n) is 4.07. The Bertz CT molecular complexity index is 289. The van der Waals surface area contributed by atoms with Crippen LogP contribution in [0, 0.1) is 11.3 Å². The molecule has 0 spiro atoms. The summed E-state index contributed by atoms with van der Waals surface area (Å²) in [5, 5.41) is 13.7. The van der Waals surface area contributed by atoms with Crippen LogP contribution in [-0.2, 0) is 0 Å². The minimum absolute atomic E-state index is 0.279. The summed E-state index contributed by atoms with van der Waals surface area (Å²) in [4.78, 5) is 0. The number of thioether (sulfide) groups is 1. The molecule has 2 aliphatic rings. The van der Waals surface area contributed by atoms with E-state index in [9.17, 15) is 5.26 Å². The first-order valence-corrected chi connectivity index (χ1v) is 8.57. The van der Waals surface area contributed by atoms with Gasteiger partial charge in [0, 0.05) is 11.3 Å². The third kappa shape index (κ3) is 4.82. The molecule has 0 aromatic carbocycles. The first-order chi connectivity index (χ1) is 8.72. The molecule has 2 aliphatic carbocycles. The van der Waals surface area contributed by atoms with Crippen LogP contribution in [0.4, 0.5) is 0 Å². The Balaban J connectivity index is 1.54. The fraction of sp³-hybridized carbons (Fsp3) is 0.933. The summed E-state index contributed by atoms with van der Waals surface area (Å²) in [7, 11) is 0. The van der Waals surface area contributed by atoms with E-state index in [2.05, 4.69) is 30.1 Å². The molecule has 1 N–H and O–H groups in total. The molecule has 1 atom stereocenters. The topological polar surface area (TPSA) is 35.8 Å². The number of unbranched alkanes of at least 4 members (excludes halogenated alkanes) is 1. The normalized spacial score (nSPS) is 23.8. The monoisotopic (exact) mass is 266 g/mol. The minimum Gasteiger partial charge on any atom is -0.297 e. The van der Waals surface area contributed by atoms with Gasteiger partial charge >= 0.3 is 0 Å². The molecular weight excluding hydrogens is 240 g/mol. The Labute approximate surface area is 116 Å². The van der Waals surface area contributed by atoms with Gasteiger partial charge in [0.05, 0.1) is 6.07 Å². The molecule has 1 unspecified atom stereocenters. The molecule has 0 radical (unpaired) electrons. The molecule has 18 heavy (non-hydrogen) atoms. The number of nitrogens with one attached hydrogen (secondary N) is 1. The van der Waals surface area contributed by atoms with Crippen molar-refractivity contribution >= 4 is 11.8 Å². The minimum atomic E-state index is -0.279. The molecule has 2 fully saturated rings. The smallest absolute Gasteiger partial charge is 0.104 e.